The number of morpholine rings is 1. The van der Waals surface area contributed by atoms with Crippen molar-refractivity contribution in [1.82, 2.24) is 40.4 Å². The summed E-state index contributed by atoms with van der Waals surface area (Å²) >= 11 is 0. The Morgan fingerprint density at radius 3 is 2.16 bits per heavy atom. The highest BCUT2D eigenvalue weighted by Gasteiger charge is 2.49. The van der Waals surface area contributed by atoms with E-state index in [1.807, 2.05) is 45.9 Å². The summed E-state index contributed by atoms with van der Waals surface area (Å²) in [5.41, 5.74) is 0.838. The Bertz CT molecular complexity index is 3430. The number of benzene rings is 4. The number of amides is 8. The summed E-state index contributed by atoms with van der Waals surface area (Å²) in [6.45, 7) is 21.5. The first-order valence-electron chi connectivity index (χ1n) is 32.1. The van der Waals surface area contributed by atoms with Crippen LogP contribution in [0.15, 0.2) is 84.9 Å². The lowest BCUT2D eigenvalue weighted by Crippen LogP contribution is -2.64. The van der Waals surface area contributed by atoms with Crippen LogP contribution in [-0.2, 0) is 61.3 Å². The maximum atomic E-state index is 15.8. The number of piperazine rings is 1. The number of halogens is 2. The maximum absolute atomic E-state index is 15.8. The summed E-state index contributed by atoms with van der Waals surface area (Å²) in [5.74, 6) is -4.87. The van der Waals surface area contributed by atoms with Crippen molar-refractivity contribution in [2.45, 2.75) is 148 Å². The molecule has 0 aromatic heterocycles. The molecule has 4 aromatic carbocycles. The van der Waals surface area contributed by atoms with Crippen LogP contribution in [0.25, 0.3) is 0 Å². The van der Waals surface area contributed by atoms with Gasteiger partial charge in [-0.3, -0.25) is 43.5 Å². The number of carbonyl (C=O) groups is 8. The van der Waals surface area contributed by atoms with E-state index in [2.05, 4.69) is 38.0 Å². The minimum Gasteiger partial charge on any atom is -0.444 e. The zero-order valence-corrected chi connectivity index (χ0v) is 55.3. The van der Waals surface area contributed by atoms with E-state index in [1.54, 1.807) is 73.9 Å². The lowest BCUT2D eigenvalue weighted by molar-refractivity contribution is -0.144. The molecule has 9 rings (SSSR count). The van der Waals surface area contributed by atoms with Gasteiger partial charge in [-0.2, -0.15) is 0 Å². The number of hydrogen-bond acceptors (Lipinski definition) is 14. The summed E-state index contributed by atoms with van der Waals surface area (Å²) < 4.78 is 52.5. The van der Waals surface area contributed by atoms with Crippen molar-refractivity contribution in [2.75, 3.05) is 96.0 Å². The predicted molar refractivity (Wildman–Crippen MR) is 344 cm³/mol. The quantitative estimate of drug-likeness (QED) is 0.0740. The number of nitrogens with zero attached hydrogens (tertiary/aromatic N) is 6. The predicted octanol–water partition coefficient (Wildman–Crippen LogP) is 6.93. The Hall–Kier alpha value is -8.06. The van der Waals surface area contributed by atoms with E-state index in [-0.39, 0.29) is 73.8 Å². The average Bonchev–Trinajstić information content (AvgIpc) is 1.61. The molecule has 502 valence electrons. The van der Waals surface area contributed by atoms with Crippen LogP contribution in [0.5, 0.6) is 0 Å². The van der Waals surface area contributed by atoms with Gasteiger partial charge in [0.2, 0.25) is 23.6 Å². The third-order valence-corrected chi connectivity index (χ3v) is 18.1. The molecular weight excluding hydrogens is 1200 g/mol. The zero-order chi connectivity index (χ0) is 67.3. The smallest absolute Gasteiger partial charge is 0.410 e. The highest BCUT2D eigenvalue weighted by molar-refractivity contribution is 6.04. The SMILES string of the molecule is CC(C(=O)NC(C(=O)N1Cc2ccccc2[C@H]1C(=O)Nc1cc(C(=O)NCCNC(=O)C2(C)CN(C(=O)CN3C[C@@H](C)N(C(=O)OC(C)(C)C)C[C@@H]3CN3CCOC[C@H]3C)c3cc(Cc4ccc(F)cc4)ccc32)ccc1F)C1CCOCC1)N(C)C(=O)OC(C)(C)C. The van der Waals surface area contributed by atoms with Crippen LogP contribution in [-0.4, -0.2) is 199 Å². The molecule has 5 aliphatic heterocycles. The van der Waals surface area contributed by atoms with Crippen LogP contribution in [0.1, 0.15) is 126 Å². The fraction of sp³-hybridized carbons (Fsp3) is 0.536. The summed E-state index contributed by atoms with van der Waals surface area (Å²) in [4.78, 5) is 124. The van der Waals surface area contributed by atoms with E-state index in [1.165, 1.54) is 43.1 Å². The van der Waals surface area contributed by atoms with Crippen molar-refractivity contribution in [3.05, 3.63) is 130 Å². The molecule has 0 spiro atoms. The number of carbonyl (C=O) groups excluding carboxylic acids is 8. The fourth-order valence-electron chi connectivity index (χ4n) is 12.8. The number of ether oxygens (including phenoxy) is 4. The second-order valence-corrected chi connectivity index (χ2v) is 27.4. The number of rotatable bonds is 18. The third kappa shape index (κ3) is 16.7. The van der Waals surface area contributed by atoms with Gasteiger partial charge in [-0.1, -0.05) is 48.5 Å². The Balaban J connectivity index is 0.874. The summed E-state index contributed by atoms with van der Waals surface area (Å²) in [5, 5.41) is 11.3. The van der Waals surface area contributed by atoms with Crippen LogP contribution >= 0.6 is 0 Å². The average molecular weight is 1290 g/mol. The van der Waals surface area contributed by atoms with Crippen molar-refractivity contribution in [3.63, 3.8) is 0 Å². The summed E-state index contributed by atoms with van der Waals surface area (Å²) in [6.07, 6.45) is 0.119. The molecule has 3 unspecified atom stereocenters. The van der Waals surface area contributed by atoms with Gasteiger partial charge in [-0.05, 0) is 159 Å². The van der Waals surface area contributed by atoms with Gasteiger partial charge in [0, 0.05) is 102 Å². The van der Waals surface area contributed by atoms with Crippen molar-refractivity contribution in [2.24, 2.45) is 5.92 Å². The first-order chi connectivity index (χ1) is 44.0. The van der Waals surface area contributed by atoms with Gasteiger partial charge in [0.25, 0.3) is 11.8 Å². The molecule has 4 N–H and O–H groups in total. The van der Waals surface area contributed by atoms with E-state index >= 15 is 9.18 Å². The van der Waals surface area contributed by atoms with Gasteiger partial charge in [-0.25, -0.2) is 18.4 Å². The normalized spacial score (nSPS) is 21.8. The van der Waals surface area contributed by atoms with E-state index in [0.29, 0.717) is 94.2 Å². The molecule has 0 saturated carbocycles. The third-order valence-electron chi connectivity index (χ3n) is 18.1. The topological polar surface area (TPSA) is 241 Å². The molecule has 5 heterocycles. The minimum atomic E-state index is -1.28. The fourth-order valence-corrected chi connectivity index (χ4v) is 12.8. The lowest BCUT2D eigenvalue weighted by atomic mass is 9.83. The molecule has 93 heavy (non-hydrogen) atoms. The Morgan fingerprint density at radius 1 is 0.774 bits per heavy atom. The van der Waals surface area contributed by atoms with Crippen LogP contribution in [0.4, 0.5) is 29.7 Å². The molecule has 22 nitrogen and oxygen atoms in total. The van der Waals surface area contributed by atoms with Crippen LogP contribution < -0.4 is 26.2 Å². The second kappa shape index (κ2) is 29.1. The van der Waals surface area contributed by atoms with Gasteiger partial charge in [0.05, 0.1) is 30.9 Å². The van der Waals surface area contributed by atoms with E-state index < -0.39 is 88.2 Å². The van der Waals surface area contributed by atoms with Gasteiger partial charge < -0.3 is 54.9 Å². The van der Waals surface area contributed by atoms with Crippen molar-refractivity contribution >= 4 is 59.0 Å². The monoisotopic (exact) mass is 1290 g/mol. The summed E-state index contributed by atoms with van der Waals surface area (Å²) in [6, 6.07) is 18.4. The maximum Gasteiger partial charge on any atom is 0.410 e. The first kappa shape index (κ1) is 69.3. The number of hydrogen-bond donors (Lipinski definition) is 4. The van der Waals surface area contributed by atoms with Gasteiger partial charge in [0.15, 0.2) is 0 Å². The highest BCUT2D eigenvalue weighted by Crippen LogP contribution is 2.43. The lowest BCUT2D eigenvalue weighted by Gasteiger charge is -2.47. The van der Waals surface area contributed by atoms with E-state index in [9.17, 15) is 38.0 Å². The number of fused-ring (bicyclic) bond motifs is 2. The van der Waals surface area contributed by atoms with Crippen molar-refractivity contribution in [3.8, 4) is 0 Å². The second-order valence-electron chi connectivity index (χ2n) is 27.4. The largest absolute Gasteiger partial charge is 0.444 e. The molecule has 0 aliphatic carbocycles. The molecule has 7 atom stereocenters. The highest BCUT2D eigenvalue weighted by atomic mass is 19.1. The molecular formula is C69H90F2N10O12. The molecule has 4 aromatic rings. The molecule has 3 saturated heterocycles. The van der Waals surface area contributed by atoms with E-state index in [0.717, 1.165) is 22.1 Å². The van der Waals surface area contributed by atoms with Gasteiger partial charge >= 0.3 is 12.2 Å². The Kier molecular flexibility index (Phi) is 21.7. The standard InChI is InChI=1S/C69H90F2N10O12/c1-42-35-78(51(37-77-28-31-91-40-43(77)2)38-79(42)66(89)93-68(7,8)9)39-57(82)81-41-69(10,53-22-18-46(33-56(53)81)32-45-16-20-50(70)21-17-45)64(87)73-27-26-72-61(84)48-19-23-54(71)55(34-48)74-62(85)59-52-15-13-12-14-49(52)36-80(59)63(86)58(47-24-29-90-30-25-47)75-60(83)44(3)76(11)65(88)92-67(4,5)6/h12-23,33-34,42-44,47,51,58-59H,24-32,35-41H2,1-11H3,(H,72,84)(H,73,87)(H,74,85)(H,75,83)/t42-,43-,44?,51+,58?,59+,69?/m1/s1. The molecule has 8 amide bonds. The first-order valence-corrected chi connectivity index (χ1v) is 32.1. The van der Waals surface area contributed by atoms with Crippen LogP contribution in [0, 0.1) is 17.6 Å². The van der Waals surface area contributed by atoms with E-state index in [4.69, 9.17) is 18.9 Å². The van der Waals surface area contributed by atoms with Gasteiger partial charge in [0.1, 0.15) is 41.0 Å². The summed E-state index contributed by atoms with van der Waals surface area (Å²) in [7, 11) is 1.43. The minimum absolute atomic E-state index is 0.00757. The van der Waals surface area contributed by atoms with Crippen molar-refractivity contribution in [1.29, 1.82) is 0 Å². The van der Waals surface area contributed by atoms with Crippen LogP contribution in [0.2, 0.25) is 0 Å². The van der Waals surface area contributed by atoms with Gasteiger partial charge in [-0.15, -0.1) is 0 Å². The molecule has 0 bridgehead atoms. The van der Waals surface area contributed by atoms with Crippen molar-refractivity contribution < 1.29 is 66.1 Å². The Morgan fingerprint density at radius 2 is 1.46 bits per heavy atom. The number of nitrogens with one attached hydrogen (secondary N) is 4. The molecule has 3 fully saturated rings. The molecule has 5 aliphatic rings. The number of anilines is 2. The van der Waals surface area contributed by atoms with Crippen LogP contribution in [0.3, 0.4) is 0 Å². The zero-order valence-electron chi connectivity index (χ0n) is 55.3. The Labute approximate surface area is 543 Å². The molecule has 0 radical (unpaired) electrons. The molecule has 24 heteroatoms. The number of likely N-dealkylation sites (N-methyl/N-ethyl adjacent to an activating group) is 1.